The van der Waals surface area contributed by atoms with Crippen molar-refractivity contribution >= 4 is 17.8 Å². The molecule has 0 aromatic rings. The maximum Gasteiger partial charge on any atom is 0.253 e. The van der Waals surface area contributed by atoms with Crippen molar-refractivity contribution in [3.05, 3.63) is 0 Å². The molecule has 2 fully saturated rings. The third-order valence-electron chi connectivity index (χ3n) is 3.99. The normalized spacial score (nSPS) is 25.8. The van der Waals surface area contributed by atoms with Crippen LogP contribution in [-0.4, -0.2) is 41.8 Å². The van der Waals surface area contributed by atoms with E-state index >= 15 is 0 Å². The van der Waals surface area contributed by atoms with E-state index in [2.05, 4.69) is 15.7 Å². The molecule has 0 spiro atoms. The number of hydrogen-bond donors (Lipinski definition) is 3. The van der Waals surface area contributed by atoms with Crippen molar-refractivity contribution in [3.8, 4) is 0 Å². The molecule has 1 aliphatic carbocycles. The molecule has 1 saturated heterocycles. The number of nitrogens with one attached hydrogen (secondary N) is 2. The SMILES string of the molecule is CN1C(=O)CCC(N=C(NN)NC2CCCCC2)C1=O. The number of carbonyl (C=O) groups is 2. The number of hydrazine groups is 1. The molecule has 4 N–H and O–H groups in total. The number of rotatable bonds is 2. The number of amides is 2. The number of nitrogens with two attached hydrogens (primary N) is 1. The fourth-order valence-electron chi connectivity index (χ4n) is 2.73. The smallest absolute Gasteiger partial charge is 0.253 e. The van der Waals surface area contributed by atoms with Gasteiger partial charge in [-0.25, -0.2) is 10.8 Å². The summed E-state index contributed by atoms with van der Waals surface area (Å²) in [6.07, 6.45) is 6.66. The average molecular weight is 281 g/mol. The molecule has 1 saturated carbocycles. The molecular weight excluding hydrogens is 258 g/mol. The Morgan fingerprint density at radius 3 is 2.60 bits per heavy atom. The van der Waals surface area contributed by atoms with Gasteiger partial charge >= 0.3 is 0 Å². The number of imide groups is 1. The zero-order valence-corrected chi connectivity index (χ0v) is 11.9. The van der Waals surface area contributed by atoms with Crippen LogP contribution in [-0.2, 0) is 9.59 Å². The van der Waals surface area contributed by atoms with Gasteiger partial charge in [0.2, 0.25) is 11.9 Å². The molecule has 112 valence electrons. The standard InChI is InChI=1S/C13H23N5O2/c1-18-11(19)8-7-10(12(18)20)16-13(17-14)15-9-5-3-2-4-6-9/h9-10H,2-8,14H2,1H3,(H2,15,16,17). The first-order chi connectivity index (χ1) is 9.61. The molecule has 0 bridgehead atoms. The quantitative estimate of drug-likeness (QED) is 0.215. The minimum atomic E-state index is -0.528. The molecule has 2 aliphatic rings. The highest BCUT2D eigenvalue weighted by atomic mass is 16.2. The van der Waals surface area contributed by atoms with E-state index in [-0.39, 0.29) is 11.8 Å². The van der Waals surface area contributed by atoms with Crippen molar-refractivity contribution in [1.29, 1.82) is 0 Å². The molecule has 0 aromatic carbocycles. The molecule has 7 nitrogen and oxygen atoms in total. The van der Waals surface area contributed by atoms with Gasteiger partial charge in [0.1, 0.15) is 6.04 Å². The van der Waals surface area contributed by atoms with Crippen molar-refractivity contribution in [3.63, 3.8) is 0 Å². The predicted octanol–water partition coefficient (Wildman–Crippen LogP) is -0.125. The Balaban J connectivity index is 1.98. The number of nitrogens with zero attached hydrogens (tertiary/aromatic N) is 2. The molecule has 1 unspecified atom stereocenters. The first-order valence-electron chi connectivity index (χ1n) is 7.23. The van der Waals surface area contributed by atoms with Gasteiger partial charge < -0.3 is 5.32 Å². The van der Waals surface area contributed by atoms with Crippen molar-refractivity contribution in [1.82, 2.24) is 15.6 Å². The number of piperidine rings is 1. The summed E-state index contributed by atoms with van der Waals surface area (Å²) in [4.78, 5) is 28.9. The summed E-state index contributed by atoms with van der Waals surface area (Å²) in [7, 11) is 1.50. The highest BCUT2D eigenvalue weighted by Gasteiger charge is 2.32. The van der Waals surface area contributed by atoms with Crippen molar-refractivity contribution in [2.75, 3.05) is 7.05 Å². The first-order valence-corrected chi connectivity index (χ1v) is 7.23. The van der Waals surface area contributed by atoms with Gasteiger partial charge in [-0.1, -0.05) is 19.3 Å². The van der Waals surface area contributed by atoms with Crippen LogP contribution in [0.1, 0.15) is 44.9 Å². The fourth-order valence-corrected chi connectivity index (χ4v) is 2.73. The van der Waals surface area contributed by atoms with Gasteiger partial charge in [0, 0.05) is 19.5 Å². The molecule has 1 heterocycles. The van der Waals surface area contributed by atoms with E-state index in [0.29, 0.717) is 24.8 Å². The Kier molecular flexibility index (Phi) is 4.94. The van der Waals surface area contributed by atoms with Crippen LogP contribution in [0.15, 0.2) is 4.99 Å². The summed E-state index contributed by atoms with van der Waals surface area (Å²) >= 11 is 0. The number of carbonyl (C=O) groups excluding carboxylic acids is 2. The molecule has 2 rings (SSSR count). The second-order valence-electron chi connectivity index (χ2n) is 5.45. The van der Waals surface area contributed by atoms with Crippen LogP contribution in [0.25, 0.3) is 0 Å². The van der Waals surface area contributed by atoms with Crippen LogP contribution < -0.4 is 16.6 Å². The Morgan fingerprint density at radius 2 is 1.95 bits per heavy atom. The predicted molar refractivity (Wildman–Crippen MR) is 75.6 cm³/mol. The van der Waals surface area contributed by atoms with Gasteiger partial charge in [-0.2, -0.15) is 0 Å². The third-order valence-corrected chi connectivity index (χ3v) is 3.99. The van der Waals surface area contributed by atoms with Gasteiger partial charge in [0.05, 0.1) is 0 Å². The maximum atomic E-state index is 12.0. The summed E-state index contributed by atoms with van der Waals surface area (Å²) in [5.74, 6) is 5.51. The Labute approximate surface area is 118 Å². The van der Waals surface area contributed by atoms with E-state index in [1.165, 1.54) is 26.3 Å². The second kappa shape index (κ2) is 6.69. The molecule has 7 heteroatoms. The van der Waals surface area contributed by atoms with Gasteiger partial charge in [-0.3, -0.25) is 19.9 Å². The Bertz CT molecular complexity index is 404. The number of likely N-dealkylation sites (N-methyl/N-ethyl adjacent to an activating group) is 1. The minimum Gasteiger partial charge on any atom is -0.353 e. The average Bonchev–Trinajstić information content (AvgIpc) is 2.48. The lowest BCUT2D eigenvalue weighted by Gasteiger charge is -2.27. The maximum absolute atomic E-state index is 12.0. The zero-order chi connectivity index (χ0) is 14.5. The number of hydrogen-bond acceptors (Lipinski definition) is 4. The van der Waals surface area contributed by atoms with Crippen LogP contribution >= 0.6 is 0 Å². The minimum absolute atomic E-state index is 0.149. The molecule has 1 aliphatic heterocycles. The second-order valence-corrected chi connectivity index (χ2v) is 5.45. The van der Waals surface area contributed by atoms with E-state index in [9.17, 15) is 9.59 Å². The van der Waals surface area contributed by atoms with E-state index in [1.54, 1.807) is 0 Å². The molecular formula is C13H23N5O2. The van der Waals surface area contributed by atoms with Crippen molar-refractivity contribution < 1.29 is 9.59 Å². The first kappa shape index (κ1) is 14.8. The number of likely N-dealkylation sites (tertiary alicyclic amines) is 1. The third kappa shape index (κ3) is 3.47. The summed E-state index contributed by atoms with van der Waals surface area (Å²) in [6, 6.07) is -0.170. The lowest BCUT2D eigenvalue weighted by molar-refractivity contribution is -0.147. The van der Waals surface area contributed by atoms with E-state index in [1.807, 2.05) is 0 Å². The fraction of sp³-hybridized carbons (Fsp3) is 0.769. The van der Waals surface area contributed by atoms with Gasteiger partial charge in [0.25, 0.3) is 5.91 Å². The lowest BCUT2D eigenvalue weighted by Crippen LogP contribution is -2.50. The Morgan fingerprint density at radius 1 is 1.25 bits per heavy atom. The Hall–Kier alpha value is -1.63. The van der Waals surface area contributed by atoms with E-state index in [4.69, 9.17) is 5.84 Å². The van der Waals surface area contributed by atoms with Crippen LogP contribution in [0.3, 0.4) is 0 Å². The summed E-state index contributed by atoms with van der Waals surface area (Å²) < 4.78 is 0. The zero-order valence-electron chi connectivity index (χ0n) is 11.9. The summed E-state index contributed by atoms with van der Waals surface area (Å²) in [5.41, 5.74) is 2.53. The summed E-state index contributed by atoms with van der Waals surface area (Å²) in [5, 5.41) is 3.26. The van der Waals surface area contributed by atoms with E-state index < -0.39 is 6.04 Å². The van der Waals surface area contributed by atoms with Gasteiger partial charge in [-0.15, -0.1) is 0 Å². The van der Waals surface area contributed by atoms with Crippen molar-refractivity contribution in [2.24, 2.45) is 10.8 Å². The van der Waals surface area contributed by atoms with Crippen LogP contribution in [0.4, 0.5) is 0 Å². The number of guanidine groups is 1. The van der Waals surface area contributed by atoms with Crippen LogP contribution in [0, 0.1) is 0 Å². The largest absolute Gasteiger partial charge is 0.353 e. The highest BCUT2D eigenvalue weighted by molar-refractivity contribution is 6.01. The monoisotopic (exact) mass is 281 g/mol. The highest BCUT2D eigenvalue weighted by Crippen LogP contribution is 2.18. The molecule has 0 aromatic heterocycles. The molecule has 2 amide bonds. The topological polar surface area (TPSA) is 99.8 Å². The van der Waals surface area contributed by atoms with Gasteiger partial charge in [-0.05, 0) is 19.3 Å². The molecule has 0 radical (unpaired) electrons. The molecule has 1 atom stereocenters. The van der Waals surface area contributed by atoms with Crippen molar-refractivity contribution in [2.45, 2.75) is 57.0 Å². The molecule has 20 heavy (non-hydrogen) atoms. The lowest BCUT2D eigenvalue weighted by atomic mass is 9.96. The summed E-state index contributed by atoms with van der Waals surface area (Å²) in [6.45, 7) is 0. The van der Waals surface area contributed by atoms with Crippen LogP contribution in [0.5, 0.6) is 0 Å². The van der Waals surface area contributed by atoms with E-state index in [0.717, 1.165) is 17.7 Å². The van der Waals surface area contributed by atoms with Gasteiger partial charge in [0.15, 0.2) is 0 Å². The number of aliphatic imine (C=N–C) groups is 1. The van der Waals surface area contributed by atoms with Crippen LogP contribution in [0.2, 0.25) is 0 Å².